The van der Waals surface area contributed by atoms with Crippen molar-refractivity contribution in [3.63, 3.8) is 0 Å². The normalized spacial score (nSPS) is 11.1. The van der Waals surface area contributed by atoms with Crippen LogP contribution in [0.4, 0.5) is 8.78 Å². The molecule has 0 bridgehead atoms. The van der Waals surface area contributed by atoms with Crippen molar-refractivity contribution in [3.05, 3.63) is 34.7 Å². The lowest BCUT2D eigenvalue weighted by atomic mass is 10.0. The Morgan fingerprint density at radius 3 is 2.73 bits per heavy atom. The third kappa shape index (κ3) is 3.32. The summed E-state index contributed by atoms with van der Waals surface area (Å²) in [5, 5.41) is 9.32. The summed E-state index contributed by atoms with van der Waals surface area (Å²) in [6, 6.07) is 4.28. The molecule has 0 aromatic heterocycles. The van der Waals surface area contributed by atoms with Crippen molar-refractivity contribution in [1.82, 2.24) is 0 Å². The van der Waals surface area contributed by atoms with E-state index >= 15 is 0 Å². The molecule has 1 radical (unpaired) electrons. The zero-order valence-electron chi connectivity index (χ0n) is 8.01. The molecule has 1 aromatic carbocycles. The van der Waals surface area contributed by atoms with Gasteiger partial charge in [0.25, 0.3) is 0 Å². The molecule has 0 unspecified atom stereocenters. The van der Waals surface area contributed by atoms with Crippen LogP contribution >= 0.6 is 11.6 Å². The van der Waals surface area contributed by atoms with Gasteiger partial charge in [-0.05, 0) is 18.2 Å². The van der Waals surface area contributed by atoms with Crippen LogP contribution < -0.4 is 4.74 Å². The van der Waals surface area contributed by atoms with Crippen LogP contribution in [0.2, 0.25) is 5.02 Å². The van der Waals surface area contributed by atoms with Gasteiger partial charge in [0.2, 0.25) is 0 Å². The number of hydrogen-bond donors (Lipinski definition) is 1. The topological polar surface area (TPSA) is 29.5 Å². The monoisotopic (exact) mass is 235 g/mol. The number of alkyl halides is 2. The molecule has 1 rings (SSSR count). The highest BCUT2D eigenvalue weighted by Gasteiger charge is 2.15. The van der Waals surface area contributed by atoms with Crippen LogP contribution in [0.25, 0.3) is 0 Å². The van der Waals surface area contributed by atoms with E-state index in [9.17, 15) is 8.78 Å². The second kappa shape index (κ2) is 5.28. The van der Waals surface area contributed by atoms with Crippen LogP contribution in [0.1, 0.15) is 12.5 Å². The molecular formula is C10H10ClF2O2. The summed E-state index contributed by atoms with van der Waals surface area (Å²) < 4.78 is 28.4. The molecule has 0 amide bonds. The Morgan fingerprint density at radius 1 is 1.53 bits per heavy atom. The summed E-state index contributed by atoms with van der Waals surface area (Å²) in [4.78, 5) is 0. The van der Waals surface area contributed by atoms with E-state index in [0.29, 0.717) is 16.5 Å². The van der Waals surface area contributed by atoms with Crippen molar-refractivity contribution < 1.29 is 18.6 Å². The van der Waals surface area contributed by atoms with E-state index in [0.717, 1.165) is 0 Å². The molecular weight excluding hydrogens is 226 g/mol. The van der Waals surface area contributed by atoms with E-state index in [1.807, 2.05) is 0 Å². The van der Waals surface area contributed by atoms with Gasteiger partial charge in [0.1, 0.15) is 5.75 Å². The van der Waals surface area contributed by atoms with Gasteiger partial charge in [0.15, 0.2) is 0 Å². The number of aliphatic hydroxyl groups excluding tert-OH is 1. The Balaban J connectivity index is 3.02. The summed E-state index contributed by atoms with van der Waals surface area (Å²) >= 11 is 5.72. The van der Waals surface area contributed by atoms with Crippen molar-refractivity contribution >= 4 is 11.6 Å². The Bertz CT molecular complexity index is 331. The summed E-state index contributed by atoms with van der Waals surface area (Å²) in [5.74, 6) is 0.536. The standard InChI is InChI=1S/C10H10ClF2O2/c1-6(5-14)8-4-7(11)2-3-9(8)15-10(12)13/h2-4,10,14H,5H2,1H3. The van der Waals surface area contributed by atoms with Gasteiger partial charge in [-0.3, -0.25) is 0 Å². The first-order chi connectivity index (χ1) is 7.04. The first-order valence-electron chi connectivity index (χ1n) is 4.22. The van der Waals surface area contributed by atoms with Crippen molar-refractivity contribution in [2.75, 3.05) is 6.61 Å². The van der Waals surface area contributed by atoms with Crippen molar-refractivity contribution in [3.8, 4) is 5.75 Å². The van der Waals surface area contributed by atoms with Crippen LogP contribution in [0.5, 0.6) is 5.75 Å². The highest BCUT2D eigenvalue weighted by atomic mass is 35.5. The molecule has 0 aliphatic heterocycles. The van der Waals surface area contributed by atoms with E-state index in [2.05, 4.69) is 4.74 Å². The maximum absolute atomic E-state index is 12.0. The number of ether oxygens (including phenoxy) is 1. The fourth-order valence-corrected chi connectivity index (χ4v) is 1.29. The smallest absolute Gasteiger partial charge is 0.387 e. The quantitative estimate of drug-likeness (QED) is 0.870. The molecule has 2 nitrogen and oxygen atoms in total. The predicted octanol–water partition coefficient (Wildman–Crippen LogP) is 2.88. The second-order valence-corrected chi connectivity index (χ2v) is 3.39. The molecule has 0 fully saturated rings. The maximum atomic E-state index is 12.0. The third-order valence-corrected chi connectivity index (χ3v) is 2.09. The zero-order chi connectivity index (χ0) is 11.4. The molecule has 0 atom stereocenters. The van der Waals surface area contributed by atoms with Gasteiger partial charge in [-0.1, -0.05) is 18.5 Å². The minimum absolute atomic E-state index is 0.0148. The van der Waals surface area contributed by atoms with E-state index in [-0.39, 0.29) is 12.4 Å². The third-order valence-electron chi connectivity index (χ3n) is 1.85. The Labute approximate surface area is 91.4 Å². The summed E-state index contributed by atoms with van der Waals surface area (Å²) in [5.41, 5.74) is 0.394. The predicted molar refractivity (Wildman–Crippen MR) is 53.2 cm³/mol. The molecule has 1 N–H and O–H groups in total. The summed E-state index contributed by atoms with van der Waals surface area (Å²) in [6.45, 7) is -1.51. The van der Waals surface area contributed by atoms with Crippen LogP contribution in [0, 0.1) is 5.92 Å². The molecule has 0 aliphatic rings. The number of aliphatic hydroxyl groups is 1. The van der Waals surface area contributed by atoms with Crippen LogP contribution in [-0.2, 0) is 0 Å². The van der Waals surface area contributed by atoms with Crippen molar-refractivity contribution in [2.24, 2.45) is 0 Å². The first kappa shape index (κ1) is 12.2. The molecule has 1 aromatic rings. The molecule has 0 aliphatic carbocycles. The molecule has 83 valence electrons. The van der Waals surface area contributed by atoms with E-state index in [1.54, 1.807) is 6.92 Å². The number of halogens is 3. The van der Waals surface area contributed by atoms with Crippen molar-refractivity contribution in [2.45, 2.75) is 13.5 Å². The minimum atomic E-state index is -2.89. The maximum Gasteiger partial charge on any atom is 0.387 e. The SMILES string of the molecule is C[C](CO)c1cc(Cl)ccc1OC(F)F. The molecule has 15 heavy (non-hydrogen) atoms. The Morgan fingerprint density at radius 2 is 2.20 bits per heavy atom. The van der Waals surface area contributed by atoms with Gasteiger partial charge in [0, 0.05) is 16.5 Å². The Hall–Kier alpha value is -0.870. The first-order valence-corrected chi connectivity index (χ1v) is 4.60. The molecule has 0 saturated heterocycles. The number of rotatable bonds is 4. The zero-order valence-corrected chi connectivity index (χ0v) is 8.76. The highest BCUT2D eigenvalue weighted by Crippen LogP contribution is 2.29. The molecule has 0 saturated carbocycles. The minimum Gasteiger partial charge on any atom is -0.435 e. The fourth-order valence-electron chi connectivity index (χ4n) is 1.12. The fraction of sp³-hybridized carbons (Fsp3) is 0.300. The lowest BCUT2D eigenvalue weighted by molar-refractivity contribution is -0.0503. The number of hydrogen-bond acceptors (Lipinski definition) is 2. The van der Waals surface area contributed by atoms with Gasteiger partial charge in [-0.15, -0.1) is 0 Å². The van der Waals surface area contributed by atoms with E-state index < -0.39 is 6.61 Å². The largest absolute Gasteiger partial charge is 0.435 e. The molecule has 0 heterocycles. The van der Waals surface area contributed by atoms with Crippen LogP contribution in [0.15, 0.2) is 18.2 Å². The second-order valence-electron chi connectivity index (χ2n) is 2.96. The lowest BCUT2D eigenvalue weighted by Gasteiger charge is -2.14. The average Bonchev–Trinajstić information content (AvgIpc) is 2.19. The van der Waals surface area contributed by atoms with E-state index in [1.165, 1.54) is 18.2 Å². The Kier molecular flexibility index (Phi) is 4.29. The van der Waals surface area contributed by atoms with Crippen LogP contribution in [-0.4, -0.2) is 18.3 Å². The van der Waals surface area contributed by atoms with Crippen molar-refractivity contribution in [1.29, 1.82) is 0 Å². The van der Waals surface area contributed by atoms with Gasteiger partial charge in [0.05, 0.1) is 6.61 Å². The summed E-state index contributed by atoms with van der Waals surface area (Å²) in [7, 11) is 0. The van der Waals surface area contributed by atoms with Gasteiger partial charge >= 0.3 is 6.61 Å². The highest BCUT2D eigenvalue weighted by molar-refractivity contribution is 6.30. The van der Waals surface area contributed by atoms with Gasteiger partial charge in [-0.2, -0.15) is 8.78 Å². The van der Waals surface area contributed by atoms with Gasteiger partial charge < -0.3 is 9.84 Å². The lowest BCUT2D eigenvalue weighted by Crippen LogP contribution is -2.08. The number of benzene rings is 1. The summed E-state index contributed by atoms with van der Waals surface area (Å²) in [6.07, 6.45) is 0. The van der Waals surface area contributed by atoms with E-state index in [4.69, 9.17) is 16.7 Å². The van der Waals surface area contributed by atoms with Gasteiger partial charge in [-0.25, -0.2) is 0 Å². The van der Waals surface area contributed by atoms with Crippen LogP contribution in [0.3, 0.4) is 0 Å². The molecule has 0 spiro atoms. The average molecular weight is 236 g/mol. The molecule has 5 heteroatoms.